The van der Waals surface area contributed by atoms with E-state index in [-0.39, 0.29) is 23.7 Å². The summed E-state index contributed by atoms with van der Waals surface area (Å²) in [5.41, 5.74) is 7.27. The molecule has 3 N–H and O–H groups in total. The second kappa shape index (κ2) is 9.64. The lowest BCUT2D eigenvalue weighted by Gasteiger charge is -2.17. The lowest BCUT2D eigenvalue weighted by atomic mass is 10.1. The van der Waals surface area contributed by atoms with E-state index in [9.17, 15) is 18.1 Å². The molecule has 0 atom stereocenters. The van der Waals surface area contributed by atoms with Crippen molar-refractivity contribution in [2.24, 2.45) is 0 Å². The number of rotatable bonds is 10. The average Bonchev–Trinajstić information content (AvgIpc) is 2.99. The third kappa shape index (κ3) is 5.28. The van der Waals surface area contributed by atoms with Crippen LogP contribution in [-0.4, -0.2) is 42.6 Å². The molecule has 0 radical (unpaired) electrons. The Hall–Kier alpha value is -2.48. The van der Waals surface area contributed by atoms with Gasteiger partial charge in [-0.15, -0.1) is 0 Å². The third-order valence-electron chi connectivity index (χ3n) is 4.29. The fraction of sp³-hybridized carbons (Fsp3) is 0.444. The smallest absolute Gasteiger partial charge is 0.279 e. The first-order valence-corrected chi connectivity index (χ1v) is 10.5. The van der Waals surface area contributed by atoms with Crippen molar-refractivity contribution < 1.29 is 12.8 Å². The molecule has 0 amide bonds. The van der Waals surface area contributed by atoms with Gasteiger partial charge in [-0.3, -0.25) is 0 Å². The number of aryl methyl sites for hydroxylation is 1. The van der Waals surface area contributed by atoms with Crippen LogP contribution in [0, 0.1) is 17.1 Å². The number of anilines is 1. The van der Waals surface area contributed by atoms with Crippen LogP contribution in [0.25, 0.3) is 5.69 Å². The maximum Gasteiger partial charge on any atom is 0.279 e. The minimum Gasteiger partial charge on any atom is -0.382 e. The molecule has 0 saturated carbocycles. The molecule has 28 heavy (non-hydrogen) atoms. The van der Waals surface area contributed by atoms with Gasteiger partial charge in [-0.05, 0) is 43.5 Å². The van der Waals surface area contributed by atoms with E-state index in [1.807, 2.05) is 13.0 Å². The fourth-order valence-electron chi connectivity index (χ4n) is 2.62. The molecule has 152 valence electrons. The van der Waals surface area contributed by atoms with E-state index in [0.717, 1.165) is 12.8 Å². The molecule has 2 aromatic rings. The molecule has 1 aromatic carbocycles. The third-order valence-corrected chi connectivity index (χ3v) is 5.86. The number of unbranched alkanes of at least 4 members (excludes halogenated alkanes) is 1. The molecule has 0 unspecified atom stereocenters. The van der Waals surface area contributed by atoms with Crippen molar-refractivity contribution >= 4 is 16.0 Å². The number of hydrogen-bond donors (Lipinski definition) is 2. The van der Waals surface area contributed by atoms with E-state index in [4.69, 9.17) is 5.73 Å². The second-order valence-electron chi connectivity index (χ2n) is 6.38. The minimum absolute atomic E-state index is 0.170. The van der Waals surface area contributed by atoms with Crippen molar-refractivity contribution in [2.45, 2.75) is 32.6 Å². The molecular formula is C18H25FN6O2S. The highest BCUT2D eigenvalue weighted by Crippen LogP contribution is 2.21. The van der Waals surface area contributed by atoms with Crippen molar-refractivity contribution in [3.63, 3.8) is 0 Å². The number of aromatic nitrogens is 2. The largest absolute Gasteiger partial charge is 0.382 e. The summed E-state index contributed by atoms with van der Waals surface area (Å²) >= 11 is 0. The van der Waals surface area contributed by atoms with Crippen LogP contribution in [0.15, 0.2) is 24.3 Å². The number of nitrogens with zero attached hydrogens (tertiary/aromatic N) is 4. The molecular weight excluding hydrogens is 383 g/mol. The Bertz CT molecular complexity index is 934. The monoisotopic (exact) mass is 408 g/mol. The fourth-order valence-corrected chi connectivity index (χ4v) is 3.61. The number of halogens is 1. The van der Waals surface area contributed by atoms with Gasteiger partial charge in [-0.2, -0.15) is 23.1 Å². The molecule has 0 aliphatic heterocycles. The van der Waals surface area contributed by atoms with E-state index in [1.54, 1.807) is 0 Å². The van der Waals surface area contributed by atoms with Crippen LogP contribution in [0.3, 0.4) is 0 Å². The Labute approximate surface area is 164 Å². The van der Waals surface area contributed by atoms with Gasteiger partial charge in [0.15, 0.2) is 0 Å². The van der Waals surface area contributed by atoms with E-state index in [1.165, 1.54) is 40.3 Å². The van der Waals surface area contributed by atoms with E-state index < -0.39 is 10.2 Å². The molecule has 1 heterocycles. The van der Waals surface area contributed by atoms with Crippen LogP contribution < -0.4 is 10.5 Å². The van der Waals surface area contributed by atoms with Crippen LogP contribution in [-0.2, 0) is 16.6 Å². The van der Waals surface area contributed by atoms with Crippen molar-refractivity contribution in [1.82, 2.24) is 18.8 Å². The first kappa shape index (κ1) is 21.8. The molecule has 0 spiro atoms. The van der Waals surface area contributed by atoms with Crippen molar-refractivity contribution in [3.05, 3.63) is 41.3 Å². The second-order valence-corrected chi connectivity index (χ2v) is 8.25. The Kier molecular flexibility index (Phi) is 7.51. The Balaban J connectivity index is 2.02. The molecule has 0 bridgehead atoms. The van der Waals surface area contributed by atoms with Crippen molar-refractivity contribution in [3.8, 4) is 11.8 Å². The standard InChI is InChI=1S/C18H25FN6O2S/c1-3-4-12-24(2)28(26,27)22-11-5-6-17-16(13-20)18(21)25(23-17)15-9-7-14(19)8-10-15/h7-10,22H,3-6,11-12,21H2,1-2H3. The summed E-state index contributed by atoms with van der Waals surface area (Å²) in [7, 11) is -1.98. The van der Waals surface area contributed by atoms with E-state index >= 15 is 0 Å². The van der Waals surface area contributed by atoms with Crippen LogP contribution >= 0.6 is 0 Å². The molecule has 2 rings (SSSR count). The highest BCUT2D eigenvalue weighted by molar-refractivity contribution is 7.87. The van der Waals surface area contributed by atoms with Gasteiger partial charge in [0.2, 0.25) is 0 Å². The lowest BCUT2D eigenvalue weighted by Crippen LogP contribution is -2.39. The summed E-state index contributed by atoms with van der Waals surface area (Å²) < 4.78 is 42.6. The van der Waals surface area contributed by atoms with Gasteiger partial charge in [-0.25, -0.2) is 13.8 Å². The Morgan fingerprint density at radius 3 is 2.61 bits per heavy atom. The molecule has 0 saturated heterocycles. The van der Waals surface area contributed by atoms with Gasteiger partial charge in [0, 0.05) is 20.1 Å². The normalized spacial score (nSPS) is 11.7. The van der Waals surface area contributed by atoms with Gasteiger partial charge < -0.3 is 5.73 Å². The van der Waals surface area contributed by atoms with Crippen molar-refractivity contribution in [2.75, 3.05) is 25.9 Å². The number of hydrogen-bond acceptors (Lipinski definition) is 5. The first-order chi connectivity index (χ1) is 13.3. The Morgan fingerprint density at radius 2 is 2.00 bits per heavy atom. The summed E-state index contributed by atoms with van der Waals surface area (Å²) in [6, 6.07) is 7.64. The molecule has 0 aliphatic carbocycles. The zero-order valence-corrected chi connectivity index (χ0v) is 16.8. The molecule has 0 fully saturated rings. The Morgan fingerprint density at radius 1 is 1.32 bits per heavy atom. The topological polar surface area (TPSA) is 117 Å². The number of benzene rings is 1. The number of nitrogens with two attached hydrogens (primary N) is 1. The average molecular weight is 409 g/mol. The van der Waals surface area contributed by atoms with Gasteiger partial charge >= 0.3 is 0 Å². The van der Waals surface area contributed by atoms with Crippen LogP contribution in [0.5, 0.6) is 0 Å². The summed E-state index contributed by atoms with van der Waals surface area (Å²) in [5.74, 6) is -0.213. The summed E-state index contributed by atoms with van der Waals surface area (Å²) in [6.07, 6.45) is 2.54. The minimum atomic E-state index is -3.52. The van der Waals surface area contributed by atoms with Gasteiger partial charge in [0.25, 0.3) is 10.2 Å². The summed E-state index contributed by atoms with van der Waals surface area (Å²) in [6.45, 7) is 2.67. The maximum absolute atomic E-state index is 13.1. The summed E-state index contributed by atoms with van der Waals surface area (Å²) in [5, 5.41) is 13.7. The van der Waals surface area contributed by atoms with Crippen LogP contribution in [0.4, 0.5) is 10.2 Å². The quantitative estimate of drug-likeness (QED) is 0.583. The number of nitriles is 1. The van der Waals surface area contributed by atoms with Crippen molar-refractivity contribution in [1.29, 1.82) is 5.26 Å². The van der Waals surface area contributed by atoms with E-state index in [2.05, 4.69) is 9.82 Å². The lowest BCUT2D eigenvalue weighted by molar-refractivity contribution is 0.448. The SMILES string of the molecule is CCCCN(C)S(=O)(=O)NCCCc1nn(-c2ccc(F)cc2)c(N)c1C#N. The van der Waals surface area contributed by atoms with Gasteiger partial charge in [-0.1, -0.05) is 13.3 Å². The first-order valence-electron chi connectivity index (χ1n) is 9.04. The zero-order chi connectivity index (χ0) is 20.7. The molecule has 10 heteroatoms. The number of nitrogens with one attached hydrogen (secondary N) is 1. The highest BCUT2D eigenvalue weighted by atomic mass is 32.2. The zero-order valence-electron chi connectivity index (χ0n) is 16.0. The van der Waals surface area contributed by atoms with Gasteiger partial charge in [0.1, 0.15) is 23.3 Å². The molecule has 1 aromatic heterocycles. The number of nitrogen functional groups attached to an aromatic ring is 1. The van der Waals surface area contributed by atoms with Crippen LogP contribution in [0.1, 0.15) is 37.4 Å². The molecule has 0 aliphatic rings. The van der Waals surface area contributed by atoms with Crippen LogP contribution in [0.2, 0.25) is 0 Å². The molecule has 8 nitrogen and oxygen atoms in total. The summed E-state index contributed by atoms with van der Waals surface area (Å²) in [4.78, 5) is 0. The predicted octanol–water partition coefficient (Wildman–Crippen LogP) is 1.96. The van der Waals surface area contributed by atoms with Gasteiger partial charge in [0.05, 0.1) is 11.4 Å². The van der Waals surface area contributed by atoms with E-state index in [0.29, 0.717) is 30.8 Å². The highest BCUT2D eigenvalue weighted by Gasteiger charge is 2.18. The predicted molar refractivity (Wildman–Crippen MR) is 105 cm³/mol. The maximum atomic E-state index is 13.1.